The summed E-state index contributed by atoms with van der Waals surface area (Å²) < 4.78 is 2.00. The van der Waals surface area contributed by atoms with Crippen LogP contribution in [-0.2, 0) is 4.79 Å². The van der Waals surface area contributed by atoms with Gasteiger partial charge in [0.25, 0.3) is 0 Å². The van der Waals surface area contributed by atoms with E-state index >= 15 is 0 Å². The van der Waals surface area contributed by atoms with Crippen molar-refractivity contribution in [3.05, 3.63) is 66.5 Å². The first-order valence-corrected chi connectivity index (χ1v) is 10.5. The summed E-state index contributed by atoms with van der Waals surface area (Å²) in [6.45, 7) is 11.1. The van der Waals surface area contributed by atoms with Gasteiger partial charge in [-0.1, -0.05) is 42.1 Å². The number of hydrogen-bond donors (Lipinski definition) is 0. The summed E-state index contributed by atoms with van der Waals surface area (Å²) in [5.74, 6) is 1.05. The minimum Gasteiger partial charge on any atom is -0.338 e. The Hall–Kier alpha value is -2.93. The van der Waals surface area contributed by atoms with Crippen LogP contribution in [-0.4, -0.2) is 49.4 Å². The first kappa shape index (κ1) is 20.8. The number of benzene rings is 1. The van der Waals surface area contributed by atoms with Gasteiger partial charge in [-0.25, -0.2) is 0 Å². The number of hydrogen-bond acceptors (Lipinski definition) is 5. The maximum atomic E-state index is 12.7. The summed E-state index contributed by atoms with van der Waals surface area (Å²) in [7, 11) is 0. The molecule has 6 nitrogen and oxygen atoms in total. The van der Waals surface area contributed by atoms with Crippen LogP contribution < -0.4 is 0 Å². The molecule has 150 valence electrons. The number of likely N-dealkylation sites (N-methyl/N-ethyl adjacent to an activating group) is 1. The van der Waals surface area contributed by atoms with Crippen LogP contribution in [0.15, 0.2) is 66.1 Å². The topological polar surface area (TPSA) is 63.9 Å². The molecule has 3 rings (SSSR count). The normalized spacial score (nSPS) is 10.7. The lowest BCUT2D eigenvalue weighted by atomic mass is 10.2. The Balaban J connectivity index is 1.93. The lowest BCUT2D eigenvalue weighted by Gasteiger charge is -2.20. The second-order valence-corrected chi connectivity index (χ2v) is 7.77. The van der Waals surface area contributed by atoms with Gasteiger partial charge in [0, 0.05) is 31.0 Å². The molecular formula is C22H25N5OS. The van der Waals surface area contributed by atoms with Crippen LogP contribution in [0.4, 0.5) is 0 Å². The van der Waals surface area contributed by atoms with Gasteiger partial charge in [0.15, 0.2) is 11.0 Å². The highest BCUT2D eigenvalue weighted by molar-refractivity contribution is 7.99. The molecule has 0 spiro atoms. The Kier molecular flexibility index (Phi) is 6.82. The monoisotopic (exact) mass is 407 g/mol. The molecule has 29 heavy (non-hydrogen) atoms. The Morgan fingerprint density at radius 3 is 2.66 bits per heavy atom. The molecule has 0 N–H and O–H groups in total. The van der Waals surface area contributed by atoms with Gasteiger partial charge in [0.05, 0.1) is 11.4 Å². The fourth-order valence-corrected chi connectivity index (χ4v) is 3.84. The second kappa shape index (κ2) is 9.52. The molecule has 0 aliphatic carbocycles. The Labute approximate surface area is 175 Å². The Bertz CT molecular complexity index is 999. The third-order valence-corrected chi connectivity index (χ3v) is 5.34. The average molecular weight is 408 g/mol. The van der Waals surface area contributed by atoms with E-state index in [1.165, 1.54) is 11.8 Å². The molecule has 0 saturated carbocycles. The molecule has 0 atom stereocenters. The van der Waals surface area contributed by atoms with E-state index in [9.17, 15) is 4.79 Å². The zero-order valence-electron chi connectivity index (χ0n) is 17.0. The van der Waals surface area contributed by atoms with Crippen molar-refractivity contribution < 1.29 is 4.79 Å². The molecule has 1 aromatic carbocycles. The predicted octanol–water partition coefficient (Wildman–Crippen LogP) is 4.15. The molecule has 0 radical (unpaired) electrons. The van der Waals surface area contributed by atoms with Crippen molar-refractivity contribution in [2.24, 2.45) is 0 Å². The number of carbonyl (C=O) groups is 1. The van der Waals surface area contributed by atoms with Gasteiger partial charge in [-0.15, -0.1) is 10.2 Å². The smallest absolute Gasteiger partial charge is 0.233 e. The van der Waals surface area contributed by atoms with Gasteiger partial charge in [0.1, 0.15) is 0 Å². The molecule has 0 aliphatic heterocycles. The summed E-state index contributed by atoms with van der Waals surface area (Å²) >= 11 is 1.39. The second-order valence-electron chi connectivity index (χ2n) is 6.82. The van der Waals surface area contributed by atoms with E-state index in [0.29, 0.717) is 24.1 Å². The van der Waals surface area contributed by atoms with Crippen molar-refractivity contribution in [1.82, 2.24) is 24.6 Å². The number of pyridine rings is 1. The average Bonchev–Trinajstić information content (AvgIpc) is 3.14. The molecule has 0 unspecified atom stereocenters. The molecule has 0 saturated heterocycles. The van der Waals surface area contributed by atoms with Crippen molar-refractivity contribution >= 4 is 17.7 Å². The molecule has 7 heteroatoms. The maximum absolute atomic E-state index is 12.7. The number of carbonyl (C=O) groups excluding carboxylic acids is 1. The van der Waals surface area contributed by atoms with Crippen LogP contribution in [0.5, 0.6) is 0 Å². The van der Waals surface area contributed by atoms with Crippen molar-refractivity contribution in [3.8, 4) is 17.1 Å². The zero-order valence-corrected chi connectivity index (χ0v) is 17.8. The third kappa shape index (κ3) is 4.92. The van der Waals surface area contributed by atoms with E-state index in [1.807, 2.05) is 61.7 Å². The SMILES string of the molecule is C=C(C)CN(CC)C(=O)CSc1nnc(-c2cccnc2)n1-c1ccccc1C. The molecule has 3 aromatic rings. The van der Waals surface area contributed by atoms with Gasteiger partial charge in [0.2, 0.25) is 5.91 Å². The summed E-state index contributed by atoms with van der Waals surface area (Å²) in [5, 5.41) is 9.47. The molecule has 0 aliphatic rings. The van der Waals surface area contributed by atoms with Crippen LogP contribution in [0, 0.1) is 6.92 Å². The highest BCUT2D eigenvalue weighted by Crippen LogP contribution is 2.29. The summed E-state index contributed by atoms with van der Waals surface area (Å²) in [6, 6.07) is 11.9. The fourth-order valence-electron chi connectivity index (χ4n) is 3.00. The molecule has 0 bridgehead atoms. The number of nitrogens with zero attached hydrogens (tertiary/aromatic N) is 5. The summed E-state index contributed by atoms with van der Waals surface area (Å²) in [6.07, 6.45) is 3.50. The lowest BCUT2D eigenvalue weighted by Crippen LogP contribution is -2.33. The largest absolute Gasteiger partial charge is 0.338 e. The maximum Gasteiger partial charge on any atom is 0.233 e. The number of rotatable bonds is 8. The predicted molar refractivity (Wildman–Crippen MR) is 117 cm³/mol. The van der Waals surface area contributed by atoms with E-state index in [2.05, 4.69) is 21.8 Å². The molecule has 0 fully saturated rings. The number of aryl methyl sites for hydroxylation is 1. The Morgan fingerprint density at radius 2 is 2.00 bits per heavy atom. The molecular weight excluding hydrogens is 382 g/mol. The van der Waals surface area contributed by atoms with E-state index in [-0.39, 0.29) is 11.7 Å². The summed E-state index contributed by atoms with van der Waals surface area (Å²) in [5.41, 5.74) is 3.93. The standard InChI is InChI=1S/C22H25N5OS/c1-5-26(14-16(2)3)20(28)15-29-22-25-24-21(18-10-8-12-23-13-18)27(22)19-11-7-6-9-17(19)4/h6-13H,2,5,14-15H2,1,3-4H3. The van der Waals surface area contributed by atoms with Gasteiger partial charge in [-0.3, -0.25) is 14.3 Å². The van der Waals surface area contributed by atoms with E-state index < -0.39 is 0 Å². The van der Waals surface area contributed by atoms with E-state index in [1.54, 1.807) is 17.3 Å². The van der Waals surface area contributed by atoms with Crippen LogP contribution in [0.25, 0.3) is 17.1 Å². The van der Waals surface area contributed by atoms with Gasteiger partial charge < -0.3 is 4.90 Å². The van der Waals surface area contributed by atoms with Crippen LogP contribution >= 0.6 is 11.8 Å². The molecule has 2 heterocycles. The first-order chi connectivity index (χ1) is 14.0. The van der Waals surface area contributed by atoms with Gasteiger partial charge in [-0.05, 0) is 44.5 Å². The highest BCUT2D eigenvalue weighted by atomic mass is 32.2. The van der Waals surface area contributed by atoms with Crippen molar-refractivity contribution in [2.75, 3.05) is 18.8 Å². The number of para-hydroxylation sites is 1. The van der Waals surface area contributed by atoms with Crippen LogP contribution in [0.2, 0.25) is 0 Å². The van der Waals surface area contributed by atoms with Crippen molar-refractivity contribution in [3.63, 3.8) is 0 Å². The van der Waals surface area contributed by atoms with Gasteiger partial charge >= 0.3 is 0 Å². The molecule has 2 aromatic heterocycles. The summed E-state index contributed by atoms with van der Waals surface area (Å²) in [4.78, 5) is 18.7. The quantitative estimate of drug-likeness (QED) is 0.414. The number of thioether (sulfide) groups is 1. The molecule has 1 amide bonds. The first-order valence-electron chi connectivity index (χ1n) is 9.48. The van der Waals surface area contributed by atoms with Gasteiger partial charge in [-0.2, -0.15) is 0 Å². The van der Waals surface area contributed by atoms with Crippen molar-refractivity contribution in [2.45, 2.75) is 25.9 Å². The lowest BCUT2D eigenvalue weighted by molar-refractivity contribution is -0.127. The zero-order chi connectivity index (χ0) is 20.8. The Morgan fingerprint density at radius 1 is 1.21 bits per heavy atom. The van der Waals surface area contributed by atoms with Crippen LogP contribution in [0.3, 0.4) is 0 Å². The van der Waals surface area contributed by atoms with E-state index in [4.69, 9.17) is 0 Å². The fraction of sp³-hybridized carbons (Fsp3) is 0.273. The minimum absolute atomic E-state index is 0.0581. The highest BCUT2D eigenvalue weighted by Gasteiger charge is 2.20. The number of aromatic nitrogens is 4. The number of amides is 1. The van der Waals surface area contributed by atoms with Crippen molar-refractivity contribution in [1.29, 1.82) is 0 Å². The third-order valence-electron chi connectivity index (χ3n) is 4.43. The van der Waals surface area contributed by atoms with Crippen LogP contribution in [0.1, 0.15) is 19.4 Å². The van der Waals surface area contributed by atoms with E-state index in [0.717, 1.165) is 22.4 Å². The minimum atomic E-state index is 0.0581.